The zero-order valence-corrected chi connectivity index (χ0v) is 15.4. The zero-order chi connectivity index (χ0) is 17.5. The molecule has 0 saturated heterocycles. The van der Waals surface area contributed by atoms with E-state index in [1.54, 1.807) is 19.1 Å². The molecule has 2 rings (SSSR count). The second kappa shape index (κ2) is 8.74. The number of benzene rings is 2. The summed E-state index contributed by atoms with van der Waals surface area (Å²) in [5.74, 6) is 0.0396. The molecule has 0 bridgehead atoms. The van der Waals surface area contributed by atoms with Crippen molar-refractivity contribution in [3.8, 4) is 0 Å². The molecule has 0 unspecified atom stereocenters. The average Bonchev–Trinajstić information content (AvgIpc) is 2.59. The van der Waals surface area contributed by atoms with Crippen LogP contribution >= 0.6 is 0 Å². The maximum absolute atomic E-state index is 13.0. The maximum Gasteiger partial charge on any atom is 0.159 e. The molecule has 2 aromatic rings. The SMILES string of the molecule is CCCC/C=C(/c1ccc(C(C)=O)cc1)[S@@](=O)c1ccc(C)cc1. The van der Waals surface area contributed by atoms with Gasteiger partial charge in [-0.2, -0.15) is 0 Å². The Hall–Kier alpha value is -2.00. The van der Waals surface area contributed by atoms with Crippen molar-refractivity contribution in [3.63, 3.8) is 0 Å². The molecule has 126 valence electrons. The highest BCUT2D eigenvalue weighted by Crippen LogP contribution is 2.26. The largest absolute Gasteiger partial charge is 0.295 e. The van der Waals surface area contributed by atoms with E-state index in [-0.39, 0.29) is 5.78 Å². The van der Waals surface area contributed by atoms with Crippen molar-refractivity contribution in [2.75, 3.05) is 0 Å². The highest BCUT2D eigenvalue weighted by atomic mass is 32.2. The molecule has 0 aliphatic carbocycles. The third-order valence-electron chi connectivity index (χ3n) is 3.90. The number of aryl methyl sites for hydroxylation is 1. The molecule has 3 heteroatoms. The van der Waals surface area contributed by atoms with Crippen molar-refractivity contribution in [1.82, 2.24) is 0 Å². The van der Waals surface area contributed by atoms with Crippen LogP contribution in [0.15, 0.2) is 59.5 Å². The van der Waals surface area contributed by atoms with E-state index in [0.717, 1.165) is 40.2 Å². The quantitative estimate of drug-likeness (QED) is 0.490. The van der Waals surface area contributed by atoms with E-state index >= 15 is 0 Å². The minimum atomic E-state index is -1.23. The molecule has 0 aliphatic heterocycles. The molecule has 0 amide bonds. The van der Waals surface area contributed by atoms with E-state index < -0.39 is 10.8 Å². The number of rotatable bonds is 7. The smallest absolute Gasteiger partial charge is 0.159 e. The van der Waals surface area contributed by atoms with Crippen LogP contribution in [0.25, 0.3) is 4.91 Å². The summed E-state index contributed by atoms with van der Waals surface area (Å²) in [7, 11) is -1.23. The fraction of sp³-hybridized carbons (Fsp3) is 0.286. The van der Waals surface area contributed by atoms with Crippen LogP contribution in [0.2, 0.25) is 0 Å². The Morgan fingerprint density at radius 3 is 2.12 bits per heavy atom. The molecule has 0 N–H and O–H groups in total. The lowest BCUT2D eigenvalue weighted by Crippen LogP contribution is -1.98. The molecule has 0 radical (unpaired) electrons. The molecular formula is C21H24O2S. The van der Waals surface area contributed by atoms with Gasteiger partial charge in [0, 0.05) is 15.4 Å². The molecule has 0 aliphatic rings. The highest BCUT2D eigenvalue weighted by Gasteiger charge is 2.13. The molecule has 0 saturated carbocycles. The van der Waals surface area contributed by atoms with Crippen molar-refractivity contribution in [3.05, 3.63) is 71.3 Å². The van der Waals surface area contributed by atoms with E-state index in [1.165, 1.54) is 0 Å². The van der Waals surface area contributed by atoms with Crippen molar-refractivity contribution < 1.29 is 9.00 Å². The number of ketones is 1. The summed E-state index contributed by atoms with van der Waals surface area (Å²) in [4.78, 5) is 13.1. The Labute approximate surface area is 147 Å². The molecule has 1 atom stereocenters. The standard InChI is InChI=1S/C21H24O2S/c1-4-5-6-7-21(19-12-10-18(11-13-19)17(3)22)24(23)20-14-8-16(2)9-15-20/h7-15H,4-6H2,1-3H3/b21-7-/t24-/m0/s1. The van der Waals surface area contributed by atoms with Gasteiger partial charge in [-0.25, -0.2) is 4.21 Å². The van der Waals surface area contributed by atoms with Crippen LogP contribution in [0.4, 0.5) is 0 Å². The minimum Gasteiger partial charge on any atom is -0.295 e. The summed E-state index contributed by atoms with van der Waals surface area (Å²) >= 11 is 0. The maximum atomic E-state index is 13.0. The van der Waals surface area contributed by atoms with Gasteiger partial charge in [0.25, 0.3) is 0 Å². The van der Waals surface area contributed by atoms with Crippen LogP contribution in [0.5, 0.6) is 0 Å². The average molecular weight is 340 g/mol. The zero-order valence-electron chi connectivity index (χ0n) is 14.5. The van der Waals surface area contributed by atoms with Gasteiger partial charge < -0.3 is 0 Å². The van der Waals surface area contributed by atoms with Gasteiger partial charge in [-0.3, -0.25) is 4.79 Å². The van der Waals surface area contributed by atoms with Crippen LogP contribution in [0.3, 0.4) is 0 Å². The summed E-state index contributed by atoms with van der Waals surface area (Å²) in [6, 6.07) is 15.2. The Bertz CT molecular complexity index is 740. The molecule has 0 fully saturated rings. The monoisotopic (exact) mass is 340 g/mol. The molecule has 2 aromatic carbocycles. The van der Waals surface area contributed by atoms with Gasteiger partial charge in [-0.15, -0.1) is 0 Å². The van der Waals surface area contributed by atoms with Gasteiger partial charge in [-0.05, 0) is 38.0 Å². The Morgan fingerprint density at radius 1 is 1.00 bits per heavy atom. The van der Waals surface area contributed by atoms with Crippen molar-refractivity contribution in [2.24, 2.45) is 0 Å². The first-order chi connectivity index (χ1) is 11.5. The third-order valence-corrected chi connectivity index (χ3v) is 5.40. The van der Waals surface area contributed by atoms with Gasteiger partial charge in [-0.1, -0.05) is 67.8 Å². The summed E-state index contributed by atoms with van der Waals surface area (Å²) in [5.41, 5.74) is 2.74. The number of Topliss-reactive ketones (excluding diaryl/α,β-unsaturated/α-hetero) is 1. The number of hydrogen-bond acceptors (Lipinski definition) is 2. The van der Waals surface area contributed by atoms with E-state index in [0.29, 0.717) is 5.56 Å². The summed E-state index contributed by atoms with van der Waals surface area (Å²) in [6.07, 6.45) is 5.14. The predicted molar refractivity (Wildman–Crippen MR) is 102 cm³/mol. The number of carbonyl (C=O) groups excluding carboxylic acids is 1. The first kappa shape index (κ1) is 18.3. The topological polar surface area (TPSA) is 34.1 Å². The van der Waals surface area contributed by atoms with Gasteiger partial charge in [0.05, 0.1) is 10.8 Å². The lowest BCUT2D eigenvalue weighted by molar-refractivity contribution is 0.101. The van der Waals surface area contributed by atoms with Crippen molar-refractivity contribution in [2.45, 2.75) is 44.9 Å². The van der Waals surface area contributed by atoms with Gasteiger partial charge in [0.2, 0.25) is 0 Å². The number of allylic oxidation sites excluding steroid dienone is 1. The van der Waals surface area contributed by atoms with Gasteiger partial charge in [0.1, 0.15) is 0 Å². The second-order valence-corrected chi connectivity index (χ2v) is 7.37. The van der Waals surface area contributed by atoms with E-state index in [4.69, 9.17) is 0 Å². The number of hydrogen-bond donors (Lipinski definition) is 0. The Kier molecular flexibility index (Phi) is 6.68. The van der Waals surface area contributed by atoms with E-state index in [9.17, 15) is 9.00 Å². The molecule has 0 heterocycles. The molecule has 0 spiro atoms. The van der Waals surface area contributed by atoms with Gasteiger partial charge >= 0.3 is 0 Å². The normalized spacial score (nSPS) is 12.9. The first-order valence-electron chi connectivity index (χ1n) is 8.33. The Morgan fingerprint density at radius 2 is 1.58 bits per heavy atom. The number of unbranched alkanes of at least 4 members (excludes halogenated alkanes) is 2. The van der Waals surface area contributed by atoms with E-state index in [2.05, 4.69) is 13.0 Å². The number of carbonyl (C=O) groups is 1. The van der Waals surface area contributed by atoms with Crippen LogP contribution in [0.1, 0.15) is 54.6 Å². The molecule has 0 aromatic heterocycles. The van der Waals surface area contributed by atoms with Gasteiger partial charge in [0.15, 0.2) is 5.78 Å². The second-order valence-electron chi connectivity index (χ2n) is 5.93. The fourth-order valence-corrected chi connectivity index (χ4v) is 3.65. The summed E-state index contributed by atoms with van der Waals surface area (Å²) < 4.78 is 13.0. The summed E-state index contributed by atoms with van der Waals surface area (Å²) in [6.45, 7) is 5.72. The third kappa shape index (κ3) is 4.75. The lowest BCUT2D eigenvalue weighted by Gasteiger charge is -2.10. The van der Waals surface area contributed by atoms with E-state index in [1.807, 2.05) is 43.3 Å². The van der Waals surface area contributed by atoms with Crippen LogP contribution in [-0.4, -0.2) is 9.99 Å². The van der Waals surface area contributed by atoms with Crippen LogP contribution < -0.4 is 0 Å². The predicted octanol–water partition coefficient (Wildman–Crippen LogP) is 5.54. The van der Waals surface area contributed by atoms with Crippen LogP contribution in [0, 0.1) is 6.92 Å². The highest BCUT2D eigenvalue weighted by molar-refractivity contribution is 7.94. The molecule has 24 heavy (non-hydrogen) atoms. The molecular weight excluding hydrogens is 316 g/mol. The molecule has 2 nitrogen and oxygen atoms in total. The first-order valence-corrected chi connectivity index (χ1v) is 9.48. The fourth-order valence-electron chi connectivity index (χ4n) is 2.40. The van der Waals surface area contributed by atoms with Crippen molar-refractivity contribution in [1.29, 1.82) is 0 Å². The minimum absolute atomic E-state index is 0.0396. The lowest BCUT2D eigenvalue weighted by atomic mass is 10.1. The van der Waals surface area contributed by atoms with Crippen LogP contribution in [-0.2, 0) is 10.8 Å². The summed E-state index contributed by atoms with van der Waals surface area (Å²) in [5, 5.41) is 0. The Balaban J connectivity index is 2.36. The van der Waals surface area contributed by atoms with Crippen molar-refractivity contribution >= 4 is 21.5 Å².